The predicted octanol–water partition coefficient (Wildman–Crippen LogP) is 2.95. The lowest BCUT2D eigenvalue weighted by molar-refractivity contribution is -0.133. The molecule has 3 aliphatic rings. The van der Waals surface area contributed by atoms with Crippen LogP contribution in [0.5, 0.6) is 0 Å². The first-order valence-corrected chi connectivity index (χ1v) is 8.85. The van der Waals surface area contributed by atoms with E-state index in [0.29, 0.717) is 11.9 Å². The van der Waals surface area contributed by atoms with Gasteiger partial charge in [-0.2, -0.15) is 0 Å². The van der Waals surface area contributed by atoms with Crippen LogP contribution >= 0.6 is 0 Å². The van der Waals surface area contributed by atoms with Gasteiger partial charge in [0.2, 0.25) is 5.91 Å². The van der Waals surface area contributed by atoms with Crippen LogP contribution in [0, 0.1) is 11.8 Å². The molecule has 2 heterocycles. The highest BCUT2D eigenvalue weighted by atomic mass is 16.2. The molecule has 3 rings (SSSR count). The number of carbonyl (C=O) groups is 1. The number of nitrogens with zero attached hydrogens (tertiary/aromatic N) is 1. The molecule has 1 aliphatic carbocycles. The first-order valence-electron chi connectivity index (χ1n) is 8.85. The van der Waals surface area contributed by atoms with E-state index in [9.17, 15) is 4.79 Å². The molecule has 114 valence electrons. The highest BCUT2D eigenvalue weighted by Crippen LogP contribution is 2.32. The van der Waals surface area contributed by atoms with E-state index in [1.165, 1.54) is 51.4 Å². The summed E-state index contributed by atoms with van der Waals surface area (Å²) in [6.07, 6.45) is 12.5. The van der Waals surface area contributed by atoms with Crippen LogP contribution in [0.3, 0.4) is 0 Å². The minimum Gasteiger partial charge on any atom is -0.339 e. The smallest absolute Gasteiger partial charge is 0.222 e. The minimum atomic E-state index is 0.456. The van der Waals surface area contributed by atoms with E-state index in [4.69, 9.17) is 0 Å². The third-order valence-electron chi connectivity index (χ3n) is 5.79. The van der Waals surface area contributed by atoms with Crippen molar-refractivity contribution < 1.29 is 4.79 Å². The molecule has 0 aromatic carbocycles. The van der Waals surface area contributed by atoms with Crippen molar-refractivity contribution in [3.63, 3.8) is 0 Å². The maximum atomic E-state index is 12.6. The summed E-state index contributed by atoms with van der Waals surface area (Å²) in [4.78, 5) is 14.8. The Hall–Kier alpha value is -0.570. The van der Waals surface area contributed by atoms with Crippen LogP contribution in [-0.4, -0.2) is 36.5 Å². The van der Waals surface area contributed by atoms with Gasteiger partial charge in [-0.15, -0.1) is 0 Å². The Bertz CT molecular complexity index is 319. The van der Waals surface area contributed by atoms with E-state index in [-0.39, 0.29) is 0 Å². The Morgan fingerprint density at radius 2 is 1.75 bits per heavy atom. The van der Waals surface area contributed by atoms with Gasteiger partial charge in [-0.25, -0.2) is 0 Å². The van der Waals surface area contributed by atoms with Crippen LogP contribution in [0.15, 0.2) is 0 Å². The number of piperidine rings is 1. The molecular formula is C17H30N2O. The molecule has 20 heavy (non-hydrogen) atoms. The van der Waals surface area contributed by atoms with Crippen LogP contribution in [0.2, 0.25) is 0 Å². The SMILES string of the molecule is O=C(CCC1CCCC1)N1CCC[C@@H]1C1CCNCC1. The first kappa shape index (κ1) is 14.4. The van der Waals surface area contributed by atoms with Crippen molar-refractivity contribution in [1.29, 1.82) is 0 Å². The van der Waals surface area contributed by atoms with E-state index >= 15 is 0 Å². The van der Waals surface area contributed by atoms with Crippen molar-refractivity contribution in [2.24, 2.45) is 11.8 Å². The zero-order chi connectivity index (χ0) is 13.8. The van der Waals surface area contributed by atoms with E-state index < -0.39 is 0 Å². The van der Waals surface area contributed by atoms with Crippen LogP contribution in [0.1, 0.15) is 64.2 Å². The van der Waals surface area contributed by atoms with Crippen LogP contribution in [0.4, 0.5) is 0 Å². The van der Waals surface area contributed by atoms with Gasteiger partial charge < -0.3 is 10.2 Å². The van der Waals surface area contributed by atoms with Gasteiger partial charge in [0.25, 0.3) is 0 Å². The zero-order valence-electron chi connectivity index (χ0n) is 12.8. The van der Waals surface area contributed by atoms with Gasteiger partial charge in [-0.05, 0) is 57.0 Å². The molecule has 1 atom stereocenters. The average Bonchev–Trinajstić information content (AvgIpc) is 3.17. The Balaban J connectivity index is 1.49. The highest BCUT2D eigenvalue weighted by Gasteiger charge is 2.35. The highest BCUT2D eigenvalue weighted by molar-refractivity contribution is 5.76. The summed E-state index contributed by atoms with van der Waals surface area (Å²) in [5.74, 6) is 2.06. The van der Waals surface area contributed by atoms with Gasteiger partial charge in [0.05, 0.1) is 0 Å². The molecule has 1 N–H and O–H groups in total. The summed E-state index contributed by atoms with van der Waals surface area (Å²) in [6, 6.07) is 0.563. The lowest BCUT2D eigenvalue weighted by atomic mass is 9.88. The fraction of sp³-hybridized carbons (Fsp3) is 0.941. The van der Waals surface area contributed by atoms with Crippen molar-refractivity contribution in [2.45, 2.75) is 70.3 Å². The third kappa shape index (κ3) is 3.36. The molecule has 0 spiro atoms. The lowest BCUT2D eigenvalue weighted by Crippen LogP contribution is -2.43. The number of rotatable bonds is 4. The Labute approximate surface area is 123 Å². The Kier molecular flexibility index (Phi) is 4.98. The van der Waals surface area contributed by atoms with Crippen LogP contribution in [0.25, 0.3) is 0 Å². The van der Waals surface area contributed by atoms with Gasteiger partial charge in [-0.3, -0.25) is 4.79 Å². The van der Waals surface area contributed by atoms with Gasteiger partial charge in [0.1, 0.15) is 0 Å². The van der Waals surface area contributed by atoms with Crippen molar-refractivity contribution in [3.8, 4) is 0 Å². The fourth-order valence-corrected chi connectivity index (χ4v) is 4.59. The third-order valence-corrected chi connectivity index (χ3v) is 5.79. The molecule has 0 aromatic rings. The van der Waals surface area contributed by atoms with E-state index in [2.05, 4.69) is 10.2 Å². The second-order valence-electron chi connectivity index (χ2n) is 7.07. The summed E-state index contributed by atoms with van der Waals surface area (Å²) < 4.78 is 0. The first-order chi connectivity index (χ1) is 9.84. The number of hydrogen-bond donors (Lipinski definition) is 1. The molecule has 2 saturated heterocycles. The molecule has 0 bridgehead atoms. The van der Waals surface area contributed by atoms with Crippen molar-refractivity contribution in [3.05, 3.63) is 0 Å². The molecule has 1 saturated carbocycles. The number of hydrogen-bond acceptors (Lipinski definition) is 2. The Morgan fingerprint density at radius 3 is 2.50 bits per heavy atom. The summed E-state index contributed by atoms with van der Waals surface area (Å²) in [5, 5.41) is 3.44. The minimum absolute atomic E-state index is 0.456. The Morgan fingerprint density at radius 1 is 1.00 bits per heavy atom. The van der Waals surface area contributed by atoms with Crippen molar-refractivity contribution >= 4 is 5.91 Å². The van der Waals surface area contributed by atoms with Gasteiger partial charge >= 0.3 is 0 Å². The van der Waals surface area contributed by atoms with Crippen molar-refractivity contribution in [2.75, 3.05) is 19.6 Å². The largest absolute Gasteiger partial charge is 0.339 e. The van der Waals surface area contributed by atoms with Crippen LogP contribution in [-0.2, 0) is 4.79 Å². The molecule has 3 nitrogen and oxygen atoms in total. The standard InChI is InChI=1S/C17H30N2O/c20-17(8-7-14-4-1-2-5-14)19-13-3-6-16(19)15-9-11-18-12-10-15/h14-16,18H,1-13H2/t16-/m1/s1. The maximum Gasteiger partial charge on any atom is 0.222 e. The fourth-order valence-electron chi connectivity index (χ4n) is 4.59. The molecular weight excluding hydrogens is 248 g/mol. The van der Waals surface area contributed by atoms with E-state index in [1.54, 1.807) is 0 Å². The number of nitrogens with one attached hydrogen (secondary N) is 1. The molecule has 3 fully saturated rings. The number of likely N-dealkylation sites (tertiary alicyclic amines) is 1. The molecule has 0 aromatic heterocycles. The second kappa shape index (κ2) is 6.93. The average molecular weight is 278 g/mol. The van der Waals surface area contributed by atoms with Gasteiger partial charge in [-0.1, -0.05) is 25.7 Å². The van der Waals surface area contributed by atoms with Crippen LogP contribution < -0.4 is 5.32 Å². The molecule has 3 heteroatoms. The summed E-state index contributed by atoms with van der Waals surface area (Å²) in [7, 11) is 0. The second-order valence-corrected chi connectivity index (χ2v) is 7.07. The van der Waals surface area contributed by atoms with Crippen molar-refractivity contribution in [1.82, 2.24) is 10.2 Å². The topological polar surface area (TPSA) is 32.3 Å². The van der Waals surface area contributed by atoms with Gasteiger partial charge in [0.15, 0.2) is 0 Å². The molecule has 2 aliphatic heterocycles. The summed E-state index contributed by atoms with van der Waals surface area (Å²) in [5.41, 5.74) is 0. The normalized spacial score (nSPS) is 29.2. The lowest BCUT2D eigenvalue weighted by Gasteiger charge is -2.34. The number of carbonyl (C=O) groups excluding carboxylic acids is 1. The number of amides is 1. The quantitative estimate of drug-likeness (QED) is 0.857. The zero-order valence-corrected chi connectivity index (χ0v) is 12.8. The molecule has 0 radical (unpaired) electrons. The predicted molar refractivity (Wildman–Crippen MR) is 81.5 cm³/mol. The summed E-state index contributed by atoms with van der Waals surface area (Å²) in [6.45, 7) is 3.31. The molecule has 0 unspecified atom stereocenters. The summed E-state index contributed by atoms with van der Waals surface area (Å²) >= 11 is 0. The monoisotopic (exact) mass is 278 g/mol. The van der Waals surface area contributed by atoms with E-state index in [0.717, 1.165) is 44.3 Å². The van der Waals surface area contributed by atoms with E-state index in [1.807, 2.05) is 0 Å². The molecule has 1 amide bonds. The maximum absolute atomic E-state index is 12.6. The van der Waals surface area contributed by atoms with Gasteiger partial charge in [0, 0.05) is 19.0 Å².